The van der Waals surface area contributed by atoms with E-state index in [1.165, 1.54) is 23.5 Å². The molecule has 100 valence electrons. The zero-order valence-corrected chi connectivity index (χ0v) is 11.0. The van der Waals surface area contributed by atoms with Crippen molar-refractivity contribution >= 4 is 10.0 Å². The van der Waals surface area contributed by atoms with E-state index in [0.717, 1.165) is 18.9 Å². The summed E-state index contributed by atoms with van der Waals surface area (Å²) in [5.74, 6) is -0.149. The standard InChI is InChI=1S/C12H16FNO3S/c1-14(7-9-2-3-9)18(16,17)11-4-5-12(13)10(6-11)8-15/h4-6,9,15H,2-3,7-8H2,1H3. The van der Waals surface area contributed by atoms with E-state index in [9.17, 15) is 12.8 Å². The van der Waals surface area contributed by atoms with Gasteiger partial charge in [-0.25, -0.2) is 17.1 Å². The maximum atomic E-state index is 13.2. The molecule has 0 heterocycles. The van der Waals surface area contributed by atoms with E-state index in [4.69, 9.17) is 5.11 Å². The topological polar surface area (TPSA) is 57.6 Å². The van der Waals surface area contributed by atoms with Crippen LogP contribution in [0.5, 0.6) is 0 Å². The Kier molecular flexibility index (Phi) is 3.70. The highest BCUT2D eigenvalue weighted by atomic mass is 32.2. The van der Waals surface area contributed by atoms with E-state index in [0.29, 0.717) is 12.5 Å². The quantitative estimate of drug-likeness (QED) is 0.881. The van der Waals surface area contributed by atoms with Crippen LogP contribution in [0.3, 0.4) is 0 Å². The third-order valence-corrected chi connectivity index (χ3v) is 4.93. The number of nitrogens with zero attached hydrogens (tertiary/aromatic N) is 1. The highest BCUT2D eigenvalue weighted by Gasteiger charge is 2.29. The van der Waals surface area contributed by atoms with Gasteiger partial charge in [-0.05, 0) is 37.0 Å². The molecule has 1 aliphatic rings. The zero-order chi connectivity index (χ0) is 13.3. The Balaban J connectivity index is 2.27. The molecule has 0 spiro atoms. The molecule has 1 aromatic carbocycles. The second-order valence-corrected chi connectivity index (χ2v) is 6.69. The van der Waals surface area contributed by atoms with Crippen molar-refractivity contribution in [1.29, 1.82) is 0 Å². The van der Waals surface area contributed by atoms with Gasteiger partial charge in [0.15, 0.2) is 0 Å². The van der Waals surface area contributed by atoms with Crippen LogP contribution in [0, 0.1) is 11.7 Å². The molecule has 4 nitrogen and oxygen atoms in total. The monoisotopic (exact) mass is 273 g/mol. The zero-order valence-electron chi connectivity index (χ0n) is 10.1. The average molecular weight is 273 g/mol. The smallest absolute Gasteiger partial charge is 0.242 e. The molecule has 6 heteroatoms. The van der Waals surface area contributed by atoms with Crippen molar-refractivity contribution in [3.63, 3.8) is 0 Å². The van der Waals surface area contributed by atoms with Crippen molar-refractivity contribution in [2.45, 2.75) is 24.3 Å². The van der Waals surface area contributed by atoms with Crippen LogP contribution in [0.2, 0.25) is 0 Å². The molecular formula is C12H16FNO3S. The first-order valence-corrected chi connectivity index (χ1v) is 7.25. The lowest BCUT2D eigenvalue weighted by Gasteiger charge is -2.17. The maximum absolute atomic E-state index is 13.2. The fourth-order valence-corrected chi connectivity index (χ4v) is 3.07. The predicted octanol–water partition coefficient (Wildman–Crippen LogP) is 1.35. The number of halogens is 1. The summed E-state index contributed by atoms with van der Waals surface area (Å²) in [5, 5.41) is 8.95. The fourth-order valence-electron chi connectivity index (χ4n) is 1.77. The van der Waals surface area contributed by atoms with E-state index in [1.807, 2.05) is 0 Å². The van der Waals surface area contributed by atoms with Crippen LogP contribution < -0.4 is 0 Å². The highest BCUT2D eigenvalue weighted by Crippen LogP contribution is 2.31. The van der Waals surface area contributed by atoms with Gasteiger partial charge in [0, 0.05) is 19.2 Å². The molecule has 1 N–H and O–H groups in total. The SMILES string of the molecule is CN(CC1CC1)S(=O)(=O)c1ccc(F)c(CO)c1. The largest absolute Gasteiger partial charge is 0.392 e. The van der Waals surface area contributed by atoms with Crippen LogP contribution in [-0.2, 0) is 16.6 Å². The summed E-state index contributed by atoms with van der Waals surface area (Å²) in [5.41, 5.74) is -0.00380. The van der Waals surface area contributed by atoms with E-state index >= 15 is 0 Å². The van der Waals surface area contributed by atoms with Crippen LogP contribution in [0.1, 0.15) is 18.4 Å². The van der Waals surface area contributed by atoms with Crippen LogP contribution in [-0.4, -0.2) is 31.4 Å². The lowest BCUT2D eigenvalue weighted by molar-refractivity contribution is 0.275. The van der Waals surface area contributed by atoms with Crippen molar-refractivity contribution in [1.82, 2.24) is 4.31 Å². The summed E-state index contributed by atoms with van der Waals surface area (Å²) < 4.78 is 38.9. The molecule has 0 atom stereocenters. The third kappa shape index (κ3) is 2.71. The molecule has 18 heavy (non-hydrogen) atoms. The van der Waals surface area contributed by atoms with E-state index in [2.05, 4.69) is 0 Å². The van der Waals surface area contributed by atoms with Crippen molar-refractivity contribution < 1.29 is 17.9 Å². The molecule has 1 aromatic rings. The summed E-state index contributed by atoms with van der Waals surface area (Å²) >= 11 is 0. The Morgan fingerprint density at radius 1 is 1.44 bits per heavy atom. The number of aliphatic hydroxyl groups excluding tert-OH is 1. The minimum absolute atomic E-state index is 0.00380. The minimum Gasteiger partial charge on any atom is -0.392 e. The average Bonchev–Trinajstić information content (AvgIpc) is 3.13. The molecule has 0 aromatic heterocycles. The molecule has 1 saturated carbocycles. The molecule has 1 fully saturated rings. The van der Waals surface area contributed by atoms with Gasteiger partial charge < -0.3 is 5.11 Å². The normalized spacial score (nSPS) is 16.2. The van der Waals surface area contributed by atoms with Crippen molar-refractivity contribution in [2.75, 3.05) is 13.6 Å². The maximum Gasteiger partial charge on any atom is 0.242 e. The van der Waals surface area contributed by atoms with Gasteiger partial charge in [0.05, 0.1) is 11.5 Å². The van der Waals surface area contributed by atoms with Crippen molar-refractivity contribution in [3.05, 3.63) is 29.6 Å². The van der Waals surface area contributed by atoms with Crippen LogP contribution >= 0.6 is 0 Å². The molecule has 2 rings (SSSR count). The summed E-state index contributed by atoms with van der Waals surface area (Å²) in [4.78, 5) is 0.0242. The second-order valence-electron chi connectivity index (χ2n) is 4.64. The van der Waals surface area contributed by atoms with Gasteiger partial charge in [-0.2, -0.15) is 0 Å². The van der Waals surface area contributed by atoms with Gasteiger partial charge >= 0.3 is 0 Å². The molecule has 0 aliphatic heterocycles. The van der Waals surface area contributed by atoms with Gasteiger partial charge in [0.2, 0.25) is 10.0 Å². The van der Waals surface area contributed by atoms with Crippen LogP contribution in [0.25, 0.3) is 0 Å². The lowest BCUT2D eigenvalue weighted by atomic mass is 10.2. The Labute approximate surface area is 106 Å². The number of benzene rings is 1. The van der Waals surface area contributed by atoms with Crippen molar-refractivity contribution in [2.24, 2.45) is 5.92 Å². The van der Waals surface area contributed by atoms with Gasteiger partial charge in [-0.1, -0.05) is 0 Å². The first-order valence-electron chi connectivity index (χ1n) is 5.81. The Hall–Kier alpha value is -0.980. The van der Waals surface area contributed by atoms with E-state index in [-0.39, 0.29) is 10.5 Å². The Morgan fingerprint density at radius 3 is 2.67 bits per heavy atom. The predicted molar refractivity (Wildman–Crippen MR) is 64.9 cm³/mol. The number of hydrogen-bond donors (Lipinski definition) is 1. The lowest BCUT2D eigenvalue weighted by Crippen LogP contribution is -2.29. The van der Waals surface area contributed by atoms with Gasteiger partial charge in [-0.15, -0.1) is 0 Å². The first-order chi connectivity index (χ1) is 8.45. The van der Waals surface area contributed by atoms with Gasteiger partial charge in [0.1, 0.15) is 5.82 Å². The van der Waals surface area contributed by atoms with Crippen LogP contribution in [0.4, 0.5) is 4.39 Å². The summed E-state index contributed by atoms with van der Waals surface area (Å²) in [6, 6.07) is 3.49. The molecule has 1 aliphatic carbocycles. The Morgan fingerprint density at radius 2 is 2.11 bits per heavy atom. The van der Waals surface area contributed by atoms with Crippen molar-refractivity contribution in [3.8, 4) is 0 Å². The molecule has 0 bridgehead atoms. The molecule has 0 radical (unpaired) electrons. The Bertz CT molecular complexity index is 540. The summed E-state index contributed by atoms with van der Waals surface area (Å²) in [6.45, 7) is -0.0182. The first kappa shape index (κ1) is 13.5. The minimum atomic E-state index is -3.59. The molecular weight excluding hydrogens is 257 g/mol. The molecule has 0 unspecified atom stereocenters. The third-order valence-electron chi connectivity index (χ3n) is 3.11. The number of hydrogen-bond acceptors (Lipinski definition) is 3. The number of rotatable bonds is 5. The van der Waals surface area contributed by atoms with Gasteiger partial charge in [0.25, 0.3) is 0 Å². The van der Waals surface area contributed by atoms with E-state index in [1.54, 1.807) is 0 Å². The number of sulfonamides is 1. The fraction of sp³-hybridized carbons (Fsp3) is 0.500. The summed E-state index contributed by atoms with van der Waals surface area (Å²) in [7, 11) is -2.06. The molecule has 0 saturated heterocycles. The van der Waals surface area contributed by atoms with E-state index < -0.39 is 22.4 Å². The number of aliphatic hydroxyl groups is 1. The second kappa shape index (κ2) is 4.95. The summed E-state index contributed by atoms with van der Waals surface area (Å²) in [6.07, 6.45) is 2.12. The van der Waals surface area contributed by atoms with Gasteiger partial charge in [-0.3, -0.25) is 0 Å². The highest BCUT2D eigenvalue weighted by molar-refractivity contribution is 7.89. The molecule has 0 amide bonds. The van der Waals surface area contributed by atoms with Crippen LogP contribution in [0.15, 0.2) is 23.1 Å².